The summed E-state index contributed by atoms with van der Waals surface area (Å²) in [6.07, 6.45) is 6.97. The molecule has 1 aromatic rings. The maximum absolute atomic E-state index is 12.7. The number of nitrogens with one attached hydrogen (secondary N) is 1. The van der Waals surface area contributed by atoms with E-state index < -0.39 is 6.10 Å². The molecule has 0 spiro atoms. The van der Waals surface area contributed by atoms with E-state index in [0.29, 0.717) is 26.2 Å². The summed E-state index contributed by atoms with van der Waals surface area (Å²) in [7, 11) is 0. The number of likely N-dealkylation sites (tertiary alicyclic amines) is 1. The second kappa shape index (κ2) is 8.35. The van der Waals surface area contributed by atoms with Crippen LogP contribution in [0.15, 0.2) is 24.5 Å². The van der Waals surface area contributed by atoms with Crippen LogP contribution in [-0.4, -0.2) is 66.3 Å². The Labute approximate surface area is 159 Å². The van der Waals surface area contributed by atoms with E-state index in [1.807, 2.05) is 17.0 Å². The van der Waals surface area contributed by atoms with Crippen LogP contribution in [0.3, 0.4) is 0 Å². The van der Waals surface area contributed by atoms with Crippen molar-refractivity contribution in [1.29, 1.82) is 0 Å². The Balaban J connectivity index is 1.25. The number of ether oxygens (including phenoxy) is 2. The molecule has 0 bridgehead atoms. The lowest BCUT2D eigenvalue weighted by molar-refractivity contribution is -0.148. The highest BCUT2D eigenvalue weighted by molar-refractivity contribution is 5.81. The summed E-state index contributed by atoms with van der Waals surface area (Å²) in [5.74, 6) is 0.151. The normalized spacial score (nSPS) is 30.1. The number of hydrogen-bond donors (Lipinski definition) is 1. The molecule has 3 aliphatic rings. The average Bonchev–Trinajstić information content (AvgIpc) is 3.38. The molecule has 0 saturated carbocycles. The Morgan fingerprint density at radius 3 is 2.81 bits per heavy atom. The van der Waals surface area contributed by atoms with Gasteiger partial charge in [-0.1, -0.05) is 0 Å². The van der Waals surface area contributed by atoms with Gasteiger partial charge >= 0.3 is 0 Å². The first-order valence-corrected chi connectivity index (χ1v) is 9.92. The van der Waals surface area contributed by atoms with Crippen LogP contribution in [0.4, 0.5) is 0 Å². The number of fused-ring (bicyclic) bond motifs is 1. The van der Waals surface area contributed by atoms with Crippen molar-refractivity contribution in [3.63, 3.8) is 0 Å². The fourth-order valence-corrected chi connectivity index (χ4v) is 4.35. The minimum Gasteiger partial charge on any atom is -0.381 e. The first kappa shape index (κ1) is 18.4. The standard InChI is InChI=1S/C20H27N3O4/c24-19(22-10-5-14-3-8-21-9-4-14)18-2-1-16-17(27-18)6-11-23(16)20(25)15-7-12-26-13-15/h3-4,8-9,15-18H,1-2,5-7,10-13H2,(H,22,24)/t15?,16-,17-,18-/m1/s1. The van der Waals surface area contributed by atoms with Crippen molar-refractivity contribution in [2.75, 3.05) is 26.3 Å². The highest BCUT2D eigenvalue weighted by Crippen LogP contribution is 2.33. The molecular formula is C20H27N3O4. The Bertz CT molecular complexity index is 662. The van der Waals surface area contributed by atoms with Gasteiger partial charge in [0.15, 0.2) is 0 Å². The Hall–Kier alpha value is -1.99. The van der Waals surface area contributed by atoms with Crippen LogP contribution in [0.5, 0.6) is 0 Å². The smallest absolute Gasteiger partial charge is 0.249 e. The number of rotatable bonds is 5. The zero-order chi connectivity index (χ0) is 18.6. The second-order valence-electron chi connectivity index (χ2n) is 7.59. The molecule has 4 heterocycles. The summed E-state index contributed by atoms with van der Waals surface area (Å²) < 4.78 is 11.4. The molecule has 7 heteroatoms. The van der Waals surface area contributed by atoms with E-state index in [1.165, 1.54) is 0 Å². The number of pyridine rings is 1. The third-order valence-corrected chi connectivity index (χ3v) is 5.86. The fraction of sp³-hybridized carbons (Fsp3) is 0.650. The Morgan fingerprint density at radius 2 is 2.04 bits per heavy atom. The van der Waals surface area contributed by atoms with Gasteiger partial charge in [-0.05, 0) is 49.8 Å². The lowest BCUT2D eigenvalue weighted by Crippen LogP contribution is -2.50. The average molecular weight is 373 g/mol. The zero-order valence-corrected chi connectivity index (χ0v) is 15.5. The molecule has 1 aromatic heterocycles. The first-order chi connectivity index (χ1) is 13.2. The molecule has 7 nitrogen and oxygen atoms in total. The van der Waals surface area contributed by atoms with Crippen molar-refractivity contribution in [3.05, 3.63) is 30.1 Å². The molecule has 0 aliphatic carbocycles. The van der Waals surface area contributed by atoms with E-state index in [9.17, 15) is 9.59 Å². The highest BCUT2D eigenvalue weighted by Gasteiger charge is 2.45. The van der Waals surface area contributed by atoms with Crippen molar-refractivity contribution in [3.8, 4) is 0 Å². The van der Waals surface area contributed by atoms with Gasteiger partial charge in [0.2, 0.25) is 11.8 Å². The molecule has 3 fully saturated rings. The van der Waals surface area contributed by atoms with Crippen LogP contribution >= 0.6 is 0 Å². The van der Waals surface area contributed by atoms with Crippen LogP contribution in [0.25, 0.3) is 0 Å². The monoisotopic (exact) mass is 373 g/mol. The summed E-state index contributed by atoms with van der Waals surface area (Å²) in [5, 5.41) is 2.98. The van der Waals surface area contributed by atoms with Crippen LogP contribution in [-0.2, 0) is 25.5 Å². The molecule has 1 N–H and O–H groups in total. The lowest BCUT2D eigenvalue weighted by Gasteiger charge is -2.36. The third-order valence-electron chi connectivity index (χ3n) is 5.86. The zero-order valence-electron chi connectivity index (χ0n) is 15.5. The van der Waals surface area contributed by atoms with Crippen LogP contribution in [0.2, 0.25) is 0 Å². The van der Waals surface area contributed by atoms with Crippen molar-refractivity contribution >= 4 is 11.8 Å². The van der Waals surface area contributed by atoms with E-state index in [2.05, 4.69) is 10.3 Å². The second-order valence-corrected chi connectivity index (χ2v) is 7.59. The summed E-state index contributed by atoms with van der Waals surface area (Å²) >= 11 is 0. The molecule has 3 saturated heterocycles. The topological polar surface area (TPSA) is 80.8 Å². The summed E-state index contributed by atoms with van der Waals surface area (Å²) in [5.41, 5.74) is 1.15. The maximum atomic E-state index is 12.7. The first-order valence-electron chi connectivity index (χ1n) is 9.92. The van der Waals surface area contributed by atoms with Gasteiger partial charge in [-0.25, -0.2) is 0 Å². The van der Waals surface area contributed by atoms with Gasteiger partial charge in [-0.2, -0.15) is 0 Å². The van der Waals surface area contributed by atoms with E-state index in [-0.39, 0.29) is 29.9 Å². The Kier molecular flexibility index (Phi) is 5.69. The molecule has 2 amide bonds. The van der Waals surface area contributed by atoms with E-state index >= 15 is 0 Å². The Morgan fingerprint density at radius 1 is 1.19 bits per heavy atom. The van der Waals surface area contributed by atoms with Gasteiger partial charge in [0.05, 0.1) is 24.7 Å². The van der Waals surface area contributed by atoms with Gasteiger partial charge in [0.25, 0.3) is 0 Å². The number of nitrogens with zero attached hydrogens (tertiary/aromatic N) is 2. The SMILES string of the molecule is O=C(NCCc1ccncc1)[C@H]1CC[C@@H]2[C@@H](CCN2C(=O)C2CCOC2)O1. The number of aromatic nitrogens is 1. The summed E-state index contributed by atoms with van der Waals surface area (Å²) in [6, 6.07) is 4.01. The van der Waals surface area contributed by atoms with E-state index in [0.717, 1.165) is 37.8 Å². The number of amides is 2. The molecule has 0 aromatic carbocycles. The van der Waals surface area contributed by atoms with Crippen LogP contribution in [0.1, 0.15) is 31.2 Å². The molecule has 4 rings (SSSR count). The van der Waals surface area contributed by atoms with Crippen LogP contribution < -0.4 is 5.32 Å². The van der Waals surface area contributed by atoms with Gasteiger partial charge in [0.1, 0.15) is 6.10 Å². The third kappa shape index (κ3) is 4.14. The summed E-state index contributed by atoms with van der Waals surface area (Å²) in [6.45, 7) is 2.52. The fourth-order valence-electron chi connectivity index (χ4n) is 4.35. The van der Waals surface area contributed by atoms with Crippen molar-refractivity contribution in [2.45, 2.75) is 50.4 Å². The number of carbonyl (C=O) groups excluding carboxylic acids is 2. The quantitative estimate of drug-likeness (QED) is 0.830. The van der Waals surface area contributed by atoms with Gasteiger partial charge in [-0.3, -0.25) is 14.6 Å². The van der Waals surface area contributed by atoms with Gasteiger partial charge in [0, 0.05) is 32.1 Å². The predicted octanol–water partition coefficient (Wildman–Crippen LogP) is 0.925. The number of carbonyl (C=O) groups is 2. The van der Waals surface area contributed by atoms with Crippen molar-refractivity contribution < 1.29 is 19.1 Å². The predicted molar refractivity (Wildman–Crippen MR) is 97.9 cm³/mol. The minimum atomic E-state index is -0.409. The molecule has 27 heavy (non-hydrogen) atoms. The van der Waals surface area contributed by atoms with Gasteiger partial charge < -0.3 is 19.7 Å². The maximum Gasteiger partial charge on any atom is 0.249 e. The molecule has 3 aliphatic heterocycles. The molecule has 0 radical (unpaired) electrons. The van der Waals surface area contributed by atoms with E-state index in [4.69, 9.17) is 9.47 Å². The molecule has 1 unspecified atom stereocenters. The highest BCUT2D eigenvalue weighted by atomic mass is 16.5. The largest absolute Gasteiger partial charge is 0.381 e. The van der Waals surface area contributed by atoms with Gasteiger partial charge in [-0.15, -0.1) is 0 Å². The van der Waals surface area contributed by atoms with Crippen molar-refractivity contribution in [1.82, 2.24) is 15.2 Å². The van der Waals surface area contributed by atoms with Crippen LogP contribution in [0, 0.1) is 5.92 Å². The number of hydrogen-bond acceptors (Lipinski definition) is 5. The van der Waals surface area contributed by atoms with E-state index in [1.54, 1.807) is 12.4 Å². The molecule has 4 atom stereocenters. The lowest BCUT2D eigenvalue weighted by atomic mass is 9.97. The summed E-state index contributed by atoms with van der Waals surface area (Å²) in [4.78, 5) is 31.1. The minimum absolute atomic E-state index is 0.00189. The molecule has 146 valence electrons. The molecular weight excluding hydrogens is 346 g/mol. The van der Waals surface area contributed by atoms with Crippen molar-refractivity contribution in [2.24, 2.45) is 5.92 Å².